The van der Waals surface area contributed by atoms with E-state index in [0.717, 1.165) is 11.3 Å². The average Bonchev–Trinajstić information content (AvgIpc) is 3.11. The van der Waals surface area contributed by atoms with Crippen molar-refractivity contribution in [1.82, 2.24) is 14.9 Å². The summed E-state index contributed by atoms with van der Waals surface area (Å²) in [4.78, 5) is 49.5. The van der Waals surface area contributed by atoms with Crippen LogP contribution in [0.1, 0.15) is 12.0 Å². The number of carbonyl (C=O) groups is 2. The molecule has 0 atom stereocenters. The third kappa shape index (κ3) is 4.88. The van der Waals surface area contributed by atoms with Crippen LogP contribution in [0.4, 0.5) is 10.5 Å². The first-order valence-corrected chi connectivity index (χ1v) is 8.62. The van der Waals surface area contributed by atoms with Crippen molar-refractivity contribution in [2.75, 3.05) is 24.6 Å². The zero-order valence-electron chi connectivity index (χ0n) is 14.9. The predicted molar refractivity (Wildman–Crippen MR) is 101 cm³/mol. The molecule has 1 fully saturated rings. The van der Waals surface area contributed by atoms with Crippen molar-refractivity contribution < 1.29 is 14.3 Å². The van der Waals surface area contributed by atoms with Crippen molar-refractivity contribution in [1.29, 1.82) is 0 Å². The van der Waals surface area contributed by atoms with Crippen molar-refractivity contribution in [3.05, 3.63) is 62.9 Å². The molecule has 9 heteroatoms. The van der Waals surface area contributed by atoms with E-state index < -0.39 is 11.2 Å². The third-order valence-corrected chi connectivity index (χ3v) is 4.02. The molecule has 2 N–H and O–H groups in total. The number of aromatic nitrogens is 2. The van der Waals surface area contributed by atoms with Gasteiger partial charge in [-0.1, -0.05) is 11.8 Å². The molecular weight excluding hydrogens is 364 g/mol. The van der Waals surface area contributed by atoms with Gasteiger partial charge in [-0.05, 0) is 24.3 Å². The fourth-order valence-electron chi connectivity index (χ4n) is 2.57. The van der Waals surface area contributed by atoms with E-state index >= 15 is 0 Å². The number of hydrogen-bond acceptors (Lipinski definition) is 5. The number of anilines is 1. The van der Waals surface area contributed by atoms with Gasteiger partial charge in [0.15, 0.2) is 0 Å². The largest absolute Gasteiger partial charge is 0.447 e. The number of benzene rings is 1. The molecule has 0 spiro atoms. The maximum absolute atomic E-state index is 11.8. The average molecular weight is 382 g/mol. The van der Waals surface area contributed by atoms with Gasteiger partial charge in [0.1, 0.15) is 6.61 Å². The minimum Gasteiger partial charge on any atom is -0.447 e. The van der Waals surface area contributed by atoms with Crippen molar-refractivity contribution >= 4 is 17.7 Å². The number of aryl methyl sites for hydroxylation is 1. The Hall–Kier alpha value is -3.80. The summed E-state index contributed by atoms with van der Waals surface area (Å²) in [6.07, 6.45) is 1.08. The van der Waals surface area contributed by atoms with Crippen LogP contribution in [0.25, 0.3) is 0 Å². The molecule has 1 aromatic heterocycles. The topological polar surface area (TPSA) is 114 Å². The van der Waals surface area contributed by atoms with Gasteiger partial charge in [-0.15, -0.1) is 0 Å². The molecule has 1 aliphatic heterocycles. The van der Waals surface area contributed by atoms with Crippen molar-refractivity contribution in [2.45, 2.75) is 13.0 Å². The summed E-state index contributed by atoms with van der Waals surface area (Å²) >= 11 is 0. The lowest BCUT2D eigenvalue weighted by atomic mass is 10.2. The Bertz CT molecular complexity index is 1040. The number of cyclic esters (lactones) is 1. The lowest BCUT2D eigenvalue weighted by Crippen LogP contribution is -2.31. The van der Waals surface area contributed by atoms with E-state index in [0.29, 0.717) is 13.2 Å². The Balaban J connectivity index is 1.45. The molecule has 2 heterocycles. The van der Waals surface area contributed by atoms with E-state index in [9.17, 15) is 19.2 Å². The van der Waals surface area contributed by atoms with Crippen LogP contribution in [0, 0.1) is 11.8 Å². The summed E-state index contributed by atoms with van der Waals surface area (Å²) < 4.78 is 6.15. The van der Waals surface area contributed by atoms with Crippen LogP contribution in [-0.2, 0) is 16.1 Å². The molecule has 0 radical (unpaired) electrons. The Morgan fingerprint density at radius 1 is 1.18 bits per heavy atom. The molecule has 3 rings (SSSR count). The van der Waals surface area contributed by atoms with Crippen molar-refractivity contribution in [2.24, 2.45) is 0 Å². The number of rotatable bonds is 5. The molecule has 0 saturated carbocycles. The first-order valence-electron chi connectivity index (χ1n) is 8.62. The molecule has 2 aromatic rings. The van der Waals surface area contributed by atoms with Crippen molar-refractivity contribution in [3.63, 3.8) is 0 Å². The second-order valence-electron chi connectivity index (χ2n) is 5.94. The van der Waals surface area contributed by atoms with Crippen LogP contribution in [0.3, 0.4) is 0 Å². The molecular formula is C19H18N4O5. The highest BCUT2D eigenvalue weighted by Crippen LogP contribution is 2.18. The fourth-order valence-corrected chi connectivity index (χ4v) is 2.57. The van der Waals surface area contributed by atoms with Gasteiger partial charge >= 0.3 is 11.8 Å². The summed E-state index contributed by atoms with van der Waals surface area (Å²) in [5, 5.41) is 2.65. The van der Waals surface area contributed by atoms with Crippen molar-refractivity contribution in [3.8, 4) is 11.8 Å². The third-order valence-electron chi connectivity index (χ3n) is 4.02. The Labute approximate surface area is 159 Å². The van der Waals surface area contributed by atoms with E-state index in [1.165, 1.54) is 16.8 Å². The van der Waals surface area contributed by atoms with E-state index in [-0.39, 0.29) is 31.5 Å². The van der Waals surface area contributed by atoms with Crippen LogP contribution in [0.5, 0.6) is 0 Å². The zero-order chi connectivity index (χ0) is 19.9. The second-order valence-corrected chi connectivity index (χ2v) is 5.94. The maximum Gasteiger partial charge on any atom is 0.414 e. The molecule has 28 heavy (non-hydrogen) atoms. The number of amides is 2. The molecule has 9 nitrogen and oxygen atoms in total. The summed E-state index contributed by atoms with van der Waals surface area (Å²) in [5.41, 5.74) is 0.476. The lowest BCUT2D eigenvalue weighted by molar-refractivity contribution is -0.121. The monoisotopic (exact) mass is 382 g/mol. The van der Waals surface area contributed by atoms with Gasteiger partial charge in [-0.25, -0.2) is 9.59 Å². The summed E-state index contributed by atoms with van der Waals surface area (Å²) in [7, 11) is 0. The van der Waals surface area contributed by atoms with Crippen LogP contribution < -0.4 is 21.5 Å². The summed E-state index contributed by atoms with van der Waals surface area (Å²) in [6.45, 7) is 1.24. The number of nitrogens with zero attached hydrogens (tertiary/aromatic N) is 2. The van der Waals surface area contributed by atoms with E-state index in [1.54, 1.807) is 29.2 Å². The Morgan fingerprint density at radius 3 is 2.64 bits per heavy atom. The number of nitrogens with one attached hydrogen (secondary N) is 2. The zero-order valence-corrected chi connectivity index (χ0v) is 14.9. The quantitative estimate of drug-likeness (QED) is 0.710. The number of H-pyrrole nitrogens is 1. The SMILES string of the molecule is O=C(CCn1ccc(=O)[nH]c1=O)NCC#Cc1ccc(N2CCOC2=O)cc1. The van der Waals surface area contributed by atoms with Gasteiger partial charge in [-0.3, -0.25) is 19.5 Å². The highest BCUT2D eigenvalue weighted by Gasteiger charge is 2.23. The predicted octanol–water partition coefficient (Wildman–Crippen LogP) is 0.0512. The smallest absolute Gasteiger partial charge is 0.414 e. The van der Waals surface area contributed by atoms with Crippen LogP contribution in [-0.4, -0.2) is 41.2 Å². The molecule has 0 unspecified atom stereocenters. The highest BCUT2D eigenvalue weighted by molar-refractivity contribution is 5.89. The summed E-state index contributed by atoms with van der Waals surface area (Å²) in [5.74, 6) is 5.51. The number of ether oxygens (including phenoxy) is 1. The molecule has 0 aliphatic carbocycles. The minimum absolute atomic E-state index is 0.0915. The number of aromatic amines is 1. The standard InChI is InChI=1S/C19H18N4O5/c24-16(7-10-22-11-8-17(25)21-18(22)26)20-9-1-2-14-3-5-15(6-4-14)23-12-13-28-19(23)27/h3-6,8,11H,7,9-10,12-13H2,(H,20,24)(H,21,25,26). The fraction of sp³-hybridized carbons (Fsp3) is 0.263. The first kappa shape index (κ1) is 19.0. The van der Waals surface area contributed by atoms with Gasteiger partial charge in [0.05, 0.1) is 13.1 Å². The maximum atomic E-state index is 11.8. The Morgan fingerprint density at radius 2 is 1.96 bits per heavy atom. The Kier molecular flexibility index (Phi) is 5.91. The van der Waals surface area contributed by atoms with E-state index in [4.69, 9.17) is 4.74 Å². The van der Waals surface area contributed by atoms with Gasteiger partial charge in [-0.2, -0.15) is 0 Å². The van der Waals surface area contributed by atoms with Gasteiger partial charge in [0, 0.05) is 36.5 Å². The number of hydrogen-bond donors (Lipinski definition) is 2. The van der Waals surface area contributed by atoms with Gasteiger partial charge in [0.25, 0.3) is 5.56 Å². The van der Waals surface area contributed by atoms with E-state index in [1.807, 2.05) is 0 Å². The summed E-state index contributed by atoms with van der Waals surface area (Å²) in [6, 6.07) is 8.38. The highest BCUT2D eigenvalue weighted by atomic mass is 16.6. The second kappa shape index (κ2) is 8.73. The van der Waals surface area contributed by atoms with Crippen LogP contribution in [0.15, 0.2) is 46.1 Å². The van der Waals surface area contributed by atoms with Crippen LogP contribution in [0.2, 0.25) is 0 Å². The first-order chi connectivity index (χ1) is 13.5. The molecule has 0 bridgehead atoms. The minimum atomic E-state index is -0.550. The number of carbonyl (C=O) groups excluding carboxylic acids is 2. The van der Waals surface area contributed by atoms with Gasteiger partial charge < -0.3 is 14.6 Å². The molecule has 2 amide bonds. The van der Waals surface area contributed by atoms with Gasteiger partial charge in [0.2, 0.25) is 5.91 Å². The van der Waals surface area contributed by atoms with E-state index in [2.05, 4.69) is 22.1 Å². The molecule has 1 aromatic carbocycles. The molecule has 144 valence electrons. The molecule has 1 saturated heterocycles. The lowest BCUT2D eigenvalue weighted by Gasteiger charge is -2.11. The molecule has 1 aliphatic rings. The normalized spacial score (nSPS) is 12.9. The van der Waals surface area contributed by atoms with Crippen LogP contribution >= 0.6 is 0 Å².